The highest BCUT2D eigenvalue weighted by atomic mass is 16.3. The first kappa shape index (κ1) is 14.4. The lowest BCUT2D eigenvalue weighted by Crippen LogP contribution is -2.13. The summed E-state index contributed by atoms with van der Waals surface area (Å²) in [4.78, 5) is 23.1. The van der Waals surface area contributed by atoms with Crippen molar-refractivity contribution in [3.05, 3.63) is 48.0 Å². The van der Waals surface area contributed by atoms with Gasteiger partial charge in [0.15, 0.2) is 5.75 Å². The molecule has 0 saturated carbocycles. The van der Waals surface area contributed by atoms with E-state index in [1.807, 2.05) is 0 Å². The normalized spacial score (nSPS) is 9.95. The van der Waals surface area contributed by atoms with Gasteiger partial charge in [0.05, 0.1) is 11.3 Å². The minimum absolute atomic E-state index is 0.0833. The molecule has 0 unspecified atom stereocenters. The number of rotatable bonds is 3. The number of hydrogen-bond donors (Lipinski definition) is 4. The van der Waals surface area contributed by atoms with Crippen LogP contribution in [-0.4, -0.2) is 16.9 Å². The van der Waals surface area contributed by atoms with Gasteiger partial charge in [0.2, 0.25) is 5.91 Å². The van der Waals surface area contributed by atoms with Crippen LogP contribution in [-0.2, 0) is 4.79 Å². The number of carbonyl (C=O) groups is 2. The fraction of sp³-hybridized carbons (Fsp3) is 0.0667. The first-order chi connectivity index (χ1) is 9.97. The van der Waals surface area contributed by atoms with Crippen molar-refractivity contribution >= 4 is 28.9 Å². The molecule has 21 heavy (non-hydrogen) atoms. The molecule has 0 bridgehead atoms. The Balaban J connectivity index is 2.20. The summed E-state index contributed by atoms with van der Waals surface area (Å²) in [5, 5.41) is 15.0. The molecule has 2 aromatic carbocycles. The van der Waals surface area contributed by atoms with Gasteiger partial charge in [0.1, 0.15) is 0 Å². The molecule has 0 atom stereocenters. The predicted molar refractivity (Wildman–Crippen MR) is 81.2 cm³/mol. The molecule has 0 saturated heterocycles. The SMILES string of the molecule is CC(=O)Nc1cccc(NC(=O)c2cccc(N)c2O)c1. The van der Waals surface area contributed by atoms with E-state index in [2.05, 4.69) is 10.6 Å². The topological polar surface area (TPSA) is 104 Å². The molecule has 0 fully saturated rings. The van der Waals surface area contributed by atoms with Crippen LogP contribution in [0.1, 0.15) is 17.3 Å². The summed E-state index contributed by atoms with van der Waals surface area (Å²) < 4.78 is 0. The van der Waals surface area contributed by atoms with E-state index in [9.17, 15) is 14.7 Å². The number of anilines is 3. The number of carbonyl (C=O) groups excluding carboxylic acids is 2. The van der Waals surface area contributed by atoms with E-state index in [0.29, 0.717) is 11.4 Å². The molecule has 0 aromatic heterocycles. The first-order valence-electron chi connectivity index (χ1n) is 6.24. The van der Waals surface area contributed by atoms with Crippen molar-refractivity contribution in [1.82, 2.24) is 0 Å². The maximum absolute atomic E-state index is 12.1. The molecule has 0 radical (unpaired) electrons. The lowest BCUT2D eigenvalue weighted by atomic mass is 10.1. The molecule has 2 aromatic rings. The van der Waals surface area contributed by atoms with Crippen molar-refractivity contribution in [2.75, 3.05) is 16.4 Å². The number of benzene rings is 2. The maximum Gasteiger partial charge on any atom is 0.259 e. The minimum atomic E-state index is -0.486. The fourth-order valence-electron chi connectivity index (χ4n) is 1.82. The van der Waals surface area contributed by atoms with Gasteiger partial charge in [-0.15, -0.1) is 0 Å². The second-order valence-corrected chi connectivity index (χ2v) is 4.46. The third-order valence-electron chi connectivity index (χ3n) is 2.75. The van der Waals surface area contributed by atoms with Crippen LogP contribution < -0.4 is 16.4 Å². The number of nitrogens with two attached hydrogens (primary N) is 1. The van der Waals surface area contributed by atoms with Crippen LogP contribution in [0.2, 0.25) is 0 Å². The zero-order valence-corrected chi connectivity index (χ0v) is 11.4. The number of para-hydroxylation sites is 1. The number of aromatic hydroxyl groups is 1. The number of phenols is 1. The number of nitrogens with one attached hydrogen (secondary N) is 2. The molecule has 0 aliphatic heterocycles. The Kier molecular flexibility index (Phi) is 4.08. The quantitative estimate of drug-likeness (QED) is 0.512. The lowest BCUT2D eigenvalue weighted by molar-refractivity contribution is -0.114. The largest absolute Gasteiger partial charge is 0.505 e. The van der Waals surface area contributed by atoms with E-state index < -0.39 is 5.91 Å². The maximum atomic E-state index is 12.1. The molecule has 0 spiro atoms. The van der Waals surface area contributed by atoms with E-state index in [1.165, 1.54) is 19.1 Å². The van der Waals surface area contributed by atoms with E-state index in [4.69, 9.17) is 5.73 Å². The van der Waals surface area contributed by atoms with Gasteiger partial charge < -0.3 is 21.5 Å². The van der Waals surface area contributed by atoms with Crippen LogP contribution in [0, 0.1) is 0 Å². The Morgan fingerprint density at radius 3 is 2.33 bits per heavy atom. The Labute approximate surface area is 121 Å². The first-order valence-corrected chi connectivity index (χ1v) is 6.24. The van der Waals surface area contributed by atoms with E-state index in [-0.39, 0.29) is 22.9 Å². The van der Waals surface area contributed by atoms with Crippen molar-refractivity contribution in [2.45, 2.75) is 6.92 Å². The van der Waals surface area contributed by atoms with Crippen LogP contribution in [0.15, 0.2) is 42.5 Å². The summed E-state index contributed by atoms with van der Waals surface area (Å²) in [5.74, 6) is -0.945. The van der Waals surface area contributed by atoms with Crippen molar-refractivity contribution in [3.63, 3.8) is 0 Å². The van der Waals surface area contributed by atoms with Gasteiger partial charge >= 0.3 is 0 Å². The molecular weight excluding hydrogens is 270 g/mol. The van der Waals surface area contributed by atoms with Gasteiger partial charge in [-0.05, 0) is 30.3 Å². The summed E-state index contributed by atoms with van der Waals surface area (Å²) in [7, 11) is 0. The monoisotopic (exact) mass is 285 g/mol. The third-order valence-corrected chi connectivity index (χ3v) is 2.75. The van der Waals surface area contributed by atoms with Gasteiger partial charge in [-0.25, -0.2) is 0 Å². The van der Waals surface area contributed by atoms with Crippen LogP contribution in [0.5, 0.6) is 5.75 Å². The highest BCUT2D eigenvalue weighted by molar-refractivity contribution is 6.07. The molecular formula is C15H15N3O3. The zero-order chi connectivity index (χ0) is 15.4. The summed E-state index contributed by atoms with van der Waals surface area (Å²) >= 11 is 0. The Bertz CT molecular complexity index is 698. The van der Waals surface area contributed by atoms with Gasteiger partial charge in [0.25, 0.3) is 5.91 Å². The molecule has 0 aliphatic carbocycles. The number of hydrogen-bond acceptors (Lipinski definition) is 4. The van der Waals surface area contributed by atoms with Crippen LogP contribution in [0.4, 0.5) is 17.1 Å². The standard InChI is InChI=1S/C15H15N3O3/c1-9(19)17-10-4-2-5-11(8-10)18-15(21)12-6-3-7-13(16)14(12)20/h2-8,20H,16H2,1H3,(H,17,19)(H,18,21). The smallest absolute Gasteiger partial charge is 0.259 e. The van der Waals surface area contributed by atoms with Crippen molar-refractivity contribution in [1.29, 1.82) is 0 Å². The van der Waals surface area contributed by atoms with Gasteiger partial charge in [0, 0.05) is 18.3 Å². The van der Waals surface area contributed by atoms with Crippen molar-refractivity contribution in [2.24, 2.45) is 0 Å². The number of nitrogen functional groups attached to an aromatic ring is 1. The van der Waals surface area contributed by atoms with Crippen LogP contribution in [0.3, 0.4) is 0 Å². The zero-order valence-electron chi connectivity index (χ0n) is 11.4. The average molecular weight is 285 g/mol. The predicted octanol–water partition coefficient (Wildman–Crippen LogP) is 2.19. The number of amides is 2. The summed E-state index contributed by atoms with van der Waals surface area (Å²) in [5.41, 5.74) is 6.83. The van der Waals surface area contributed by atoms with Gasteiger partial charge in [-0.2, -0.15) is 0 Å². The molecule has 108 valence electrons. The van der Waals surface area contributed by atoms with Crippen molar-refractivity contribution in [3.8, 4) is 5.75 Å². The lowest BCUT2D eigenvalue weighted by Gasteiger charge is -2.09. The molecule has 6 heteroatoms. The molecule has 5 N–H and O–H groups in total. The van der Waals surface area contributed by atoms with Crippen LogP contribution in [0.25, 0.3) is 0 Å². The second-order valence-electron chi connectivity index (χ2n) is 4.46. The molecule has 0 heterocycles. The van der Waals surface area contributed by atoms with E-state index in [1.54, 1.807) is 30.3 Å². The summed E-state index contributed by atoms with van der Waals surface area (Å²) in [6.07, 6.45) is 0. The summed E-state index contributed by atoms with van der Waals surface area (Å²) in [6.45, 7) is 1.40. The van der Waals surface area contributed by atoms with Gasteiger partial charge in [-0.3, -0.25) is 9.59 Å². The minimum Gasteiger partial charge on any atom is -0.505 e. The highest BCUT2D eigenvalue weighted by Gasteiger charge is 2.13. The Morgan fingerprint density at radius 1 is 1.05 bits per heavy atom. The van der Waals surface area contributed by atoms with Gasteiger partial charge in [-0.1, -0.05) is 12.1 Å². The van der Waals surface area contributed by atoms with Crippen molar-refractivity contribution < 1.29 is 14.7 Å². The molecule has 6 nitrogen and oxygen atoms in total. The summed E-state index contributed by atoms with van der Waals surface area (Å²) in [6, 6.07) is 11.2. The second kappa shape index (κ2) is 5.96. The molecule has 2 amide bonds. The molecule has 2 rings (SSSR count). The Hall–Kier alpha value is -3.02. The van der Waals surface area contributed by atoms with Crippen LogP contribution >= 0.6 is 0 Å². The average Bonchev–Trinajstić information content (AvgIpc) is 2.41. The third kappa shape index (κ3) is 3.50. The highest BCUT2D eigenvalue weighted by Crippen LogP contribution is 2.25. The molecule has 0 aliphatic rings. The number of phenolic OH excluding ortho intramolecular Hbond substituents is 1. The Morgan fingerprint density at radius 2 is 1.67 bits per heavy atom. The van der Waals surface area contributed by atoms with E-state index >= 15 is 0 Å². The fourth-order valence-corrected chi connectivity index (χ4v) is 1.82. The van der Waals surface area contributed by atoms with E-state index in [0.717, 1.165) is 0 Å².